The van der Waals surface area contributed by atoms with E-state index in [1.807, 2.05) is 0 Å². The van der Waals surface area contributed by atoms with Gasteiger partial charge >= 0.3 is 5.97 Å². The highest BCUT2D eigenvalue weighted by Crippen LogP contribution is 2.28. The third-order valence-corrected chi connectivity index (χ3v) is 5.14. The summed E-state index contributed by atoms with van der Waals surface area (Å²) >= 11 is 0. The van der Waals surface area contributed by atoms with Gasteiger partial charge in [-0.05, 0) is 18.6 Å². The summed E-state index contributed by atoms with van der Waals surface area (Å²) in [6.07, 6.45) is 0.580. The molecule has 1 aliphatic rings. The average molecular weight is 311 g/mol. The third-order valence-electron chi connectivity index (χ3n) is 3.37. The molecule has 0 spiro atoms. The number of carbonyl (C=O) groups is 2. The molecule has 0 N–H and O–H groups in total. The van der Waals surface area contributed by atoms with Gasteiger partial charge in [-0.2, -0.15) is 0 Å². The summed E-state index contributed by atoms with van der Waals surface area (Å²) in [5, 5.41) is 0. The molecule has 1 aromatic carbocycles. The number of rotatable bonds is 4. The van der Waals surface area contributed by atoms with E-state index in [1.54, 1.807) is 24.3 Å². The van der Waals surface area contributed by atoms with Crippen molar-refractivity contribution >= 4 is 27.5 Å². The van der Waals surface area contributed by atoms with Crippen molar-refractivity contribution in [2.24, 2.45) is 0 Å². The summed E-state index contributed by atoms with van der Waals surface area (Å²) < 4.78 is 30.6. The van der Waals surface area contributed by atoms with Gasteiger partial charge < -0.3 is 4.74 Å². The Labute approximate surface area is 123 Å². The van der Waals surface area contributed by atoms with Crippen molar-refractivity contribution in [1.29, 1.82) is 0 Å². The number of Topliss-reactive ketones (excluding diaryl/α,β-unsaturated/α-hetero) is 1. The lowest BCUT2D eigenvalue weighted by atomic mass is 10.1. The Morgan fingerprint density at radius 1 is 1.33 bits per heavy atom. The van der Waals surface area contributed by atoms with E-state index in [2.05, 4.69) is 4.74 Å². The molecule has 0 radical (unpaired) electrons. The van der Waals surface area contributed by atoms with Gasteiger partial charge in [-0.3, -0.25) is 13.9 Å². The first-order valence-electron chi connectivity index (χ1n) is 6.65. The van der Waals surface area contributed by atoms with Crippen LogP contribution in [0.25, 0.3) is 0 Å². The Bertz CT molecular complexity index is 653. The van der Waals surface area contributed by atoms with Crippen LogP contribution < -0.4 is 4.31 Å². The van der Waals surface area contributed by atoms with Crippen LogP contribution in [-0.4, -0.2) is 39.6 Å². The largest absolute Gasteiger partial charge is 0.469 e. The van der Waals surface area contributed by atoms with Crippen molar-refractivity contribution in [2.45, 2.75) is 19.3 Å². The number of para-hydroxylation sites is 1. The molecule has 0 unspecified atom stereocenters. The van der Waals surface area contributed by atoms with Crippen LogP contribution in [0.3, 0.4) is 0 Å². The van der Waals surface area contributed by atoms with E-state index < -0.39 is 16.0 Å². The minimum atomic E-state index is -3.67. The molecule has 0 atom stereocenters. The molecule has 0 saturated carbocycles. The van der Waals surface area contributed by atoms with Crippen molar-refractivity contribution in [3.05, 3.63) is 29.8 Å². The number of ether oxygens (including phenoxy) is 1. The fourth-order valence-electron chi connectivity index (χ4n) is 2.28. The van der Waals surface area contributed by atoms with Gasteiger partial charge in [0.25, 0.3) is 0 Å². The van der Waals surface area contributed by atoms with Crippen molar-refractivity contribution in [1.82, 2.24) is 0 Å². The van der Waals surface area contributed by atoms with Crippen LogP contribution in [0, 0.1) is 0 Å². The van der Waals surface area contributed by atoms with Crippen molar-refractivity contribution < 1.29 is 22.7 Å². The Morgan fingerprint density at radius 3 is 2.76 bits per heavy atom. The van der Waals surface area contributed by atoms with E-state index in [1.165, 1.54) is 11.4 Å². The molecular formula is C14H17NO5S. The molecule has 114 valence electrons. The molecule has 0 saturated heterocycles. The van der Waals surface area contributed by atoms with Gasteiger partial charge in [0, 0.05) is 18.5 Å². The van der Waals surface area contributed by atoms with Crippen LogP contribution in [0.1, 0.15) is 29.6 Å². The lowest BCUT2D eigenvalue weighted by Gasteiger charge is -2.23. The van der Waals surface area contributed by atoms with Crippen molar-refractivity contribution in [2.75, 3.05) is 23.7 Å². The normalized spacial score (nSPS) is 15.3. The fourth-order valence-corrected chi connectivity index (χ4v) is 3.79. The zero-order chi connectivity index (χ0) is 15.5. The number of hydrogen-bond acceptors (Lipinski definition) is 5. The van der Waals surface area contributed by atoms with Gasteiger partial charge in [0.1, 0.15) is 0 Å². The quantitative estimate of drug-likeness (QED) is 0.784. The van der Waals surface area contributed by atoms with E-state index >= 15 is 0 Å². The Kier molecular flexibility index (Phi) is 4.62. The fraction of sp³-hybridized carbons (Fsp3) is 0.429. The number of benzene rings is 1. The predicted octanol–water partition coefficient (Wildman–Crippen LogP) is 1.36. The highest BCUT2D eigenvalue weighted by Gasteiger charge is 2.29. The second-order valence-electron chi connectivity index (χ2n) is 4.76. The first-order valence-corrected chi connectivity index (χ1v) is 8.26. The number of sulfonamides is 1. The summed E-state index contributed by atoms with van der Waals surface area (Å²) in [4.78, 5) is 23.1. The highest BCUT2D eigenvalue weighted by atomic mass is 32.2. The van der Waals surface area contributed by atoms with Crippen LogP contribution in [0.4, 0.5) is 5.69 Å². The molecule has 21 heavy (non-hydrogen) atoms. The minimum Gasteiger partial charge on any atom is -0.469 e. The maximum Gasteiger partial charge on any atom is 0.306 e. The molecule has 0 fully saturated rings. The Hall–Kier alpha value is -1.89. The molecule has 0 amide bonds. The zero-order valence-electron chi connectivity index (χ0n) is 11.7. The van der Waals surface area contributed by atoms with E-state index in [0.29, 0.717) is 24.1 Å². The van der Waals surface area contributed by atoms with Crippen LogP contribution in [-0.2, 0) is 19.6 Å². The lowest BCUT2D eigenvalue weighted by molar-refractivity contribution is -0.140. The molecule has 0 bridgehead atoms. The third kappa shape index (κ3) is 3.41. The first kappa shape index (κ1) is 15.5. The monoisotopic (exact) mass is 311 g/mol. The molecule has 7 heteroatoms. The van der Waals surface area contributed by atoms with Gasteiger partial charge in [0.05, 0.1) is 25.0 Å². The second-order valence-corrected chi connectivity index (χ2v) is 6.77. The number of fused-ring (bicyclic) bond motifs is 1. The zero-order valence-corrected chi connectivity index (χ0v) is 12.6. The maximum absolute atomic E-state index is 12.4. The standard InChI is InChI=1S/C14H17NO5S/c1-20-14(17)8-10-21(18,19)15-9-4-7-13(16)11-5-2-3-6-12(11)15/h2-3,5-6H,4,7-10H2,1H3. The van der Waals surface area contributed by atoms with Gasteiger partial charge in [-0.15, -0.1) is 0 Å². The topological polar surface area (TPSA) is 80.8 Å². The number of esters is 1. The van der Waals surface area contributed by atoms with Gasteiger partial charge in [-0.25, -0.2) is 8.42 Å². The lowest BCUT2D eigenvalue weighted by Crippen LogP contribution is -2.34. The molecule has 0 aliphatic carbocycles. The molecule has 2 rings (SSSR count). The molecule has 1 aromatic rings. The summed E-state index contributed by atoms with van der Waals surface area (Å²) in [5.74, 6) is -0.962. The van der Waals surface area contributed by atoms with Crippen LogP contribution >= 0.6 is 0 Å². The van der Waals surface area contributed by atoms with Crippen LogP contribution in [0.2, 0.25) is 0 Å². The number of carbonyl (C=O) groups excluding carboxylic acids is 2. The molecule has 1 heterocycles. The maximum atomic E-state index is 12.4. The van der Waals surface area contributed by atoms with Gasteiger partial charge in [-0.1, -0.05) is 12.1 Å². The number of anilines is 1. The van der Waals surface area contributed by atoms with Crippen molar-refractivity contribution in [3.63, 3.8) is 0 Å². The number of hydrogen-bond donors (Lipinski definition) is 0. The highest BCUT2D eigenvalue weighted by molar-refractivity contribution is 7.92. The van der Waals surface area contributed by atoms with E-state index in [9.17, 15) is 18.0 Å². The molecular weight excluding hydrogens is 294 g/mol. The molecule has 0 aromatic heterocycles. The summed E-state index contributed by atoms with van der Waals surface area (Å²) in [5.41, 5.74) is 0.807. The summed E-state index contributed by atoms with van der Waals surface area (Å²) in [6, 6.07) is 6.65. The summed E-state index contributed by atoms with van der Waals surface area (Å²) in [7, 11) is -2.45. The summed E-state index contributed by atoms with van der Waals surface area (Å²) in [6.45, 7) is 0.242. The van der Waals surface area contributed by atoms with Crippen LogP contribution in [0.15, 0.2) is 24.3 Å². The first-order chi connectivity index (χ1) is 9.95. The van der Waals surface area contributed by atoms with Crippen molar-refractivity contribution in [3.8, 4) is 0 Å². The smallest absolute Gasteiger partial charge is 0.306 e. The number of methoxy groups -OCH3 is 1. The number of ketones is 1. The molecule has 1 aliphatic heterocycles. The average Bonchev–Trinajstić information content (AvgIpc) is 2.65. The van der Waals surface area contributed by atoms with E-state index in [4.69, 9.17) is 0 Å². The second kappa shape index (κ2) is 6.26. The SMILES string of the molecule is COC(=O)CCS(=O)(=O)N1CCCC(=O)c2ccccc21. The number of nitrogens with zero attached hydrogens (tertiary/aromatic N) is 1. The Balaban J connectivity index is 2.32. The van der Waals surface area contributed by atoms with E-state index in [0.717, 1.165) is 0 Å². The van der Waals surface area contributed by atoms with E-state index in [-0.39, 0.29) is 24.5 Å². The van der Waals surface area contributed by atoms with Gasteiger partial charge in [0.15, 0.2) is 5.78 Å². The van der Waals surface area contributed by atoms with Crippen LogP contribution in [0.5, 0.6) is 0 Å². The predicted molar refractivity (Wildman–Crippen MR) is 77.8 cm³/mol. The van der Waals surface area contributed by atoms with Gasteiger partial charge in [0.2, 0.25) is 10.0 Å². The molecule has 6 nitrogen and oxygen atoms in total. The minimum absolute atomic E-state index is 0.0590. The Morgan fingerprint density at radius 2 is 2.05 bits per heavy atom.